The molecular formula is C14H16BrNO. The van der Waals surface area contributed by atoms with Crippen LogP contribution in [0.2, 0.25) is 0 Å². The fourth-order valence-electron chi connectivity index (χ4n) is 2.20. The number of halogens is 1. The lowest BCUT2D eigenvalue weighted by Crippen LogP contribution is -2.22. The normalized spacial score (nSPS) is 24.0. The minimum atomic E-state index is 0.123. The van der Waals surface area contributed by atoms with Crippen LogP contribution in [0.4, 0.5) is 0 Å². The molecule has 0 saturated heterocycles. The Bertz CT molecular complexity index is 482. The topological polar surface area (TPSA) is 20.3 Å². The highest BCUT2D eigenvalue weighted by atomic mass is 79.9. The van der Waals surface area contributed by atoms with Crippen molar-refractivity contribution in [3.63, 3.8) is 0 Å². The third-order valence-corrected chi connectivity index (χ3v) is 3.81. The number of carbonyl (C=O) groups is 1. The summed E-state index contributed by atoms with van der Waals surface area (Å²) < 4.78 is 1.04. The van der Waals surface area contributed by atoms with Gasteiger partial charge < -0.3 is 4.90 Å². The quantitative estimate of drug-likeness (QED) is 0.731. The van der Waals surface area contributed by atoms with Gasteiger partial charge in [0, 0.05) is 23.3 Å². The molecule has 0 saturated carbocycles. The van der Waals surface area contributed by atoms with Gasteiger partial charge in [-0.2, -0.15) is 0 Å². The lowest BCUT2D eigenvalue weighted by atomic mass is 9.97. The Morgan fingerprint density at radius 2 is 2.24 bits per heavy atom. The molecule has 17 heavy (non-hydrogen) atoms. The van der Waals surface area contributed by atoms with Crippen molar-refractivity contribution >= 4 is 21.7 Å². The molecule has 1 unspecified atom stereocenters. The smallest absolute Gasteiger partial charge is 0.176 e. The van der Waals surface area contributed by atoms with E-state index in [1.165, 1.54) is 5.57 Å². The number of ketones is 1. The molecule has 0 radical (unpaired) electrons. The second-order valence-corrected chi connectivity index (χ2v) is 5.48. The predicted molar refractivity (Wildman–Crippen MR) is 73.2 cm³/mol. The van der Waals surface area contributed by atoms with Gasteiger partial charge in [0.05, 0.1) is 5.70 Å². The van der Waals surface area contributed by atoms with Gasteiger partial charge in [-0.3, -0.25) is 4.79 Å². The molecule has 2 rings (SSSR count). The number of hydrogen-bond donors (Lipinski definition) is 0. The van der Waals surface area contributed by atoms with Crippen LogP contribution in [-0.4, -0.2) is 10.7 Å². The van der Waals surface area contributed by atoms with Crippen molar-refractivity contribution in [2.24, 2.45) is 5.92 Å². The zero-order valence-corrected chi connectivity index (χ0v) is 11.9. The summed E-state index contributed by atoms with van der Waals surface area (Å²) in [5, 5.41) is 0. The maximum atomic E-state index is 11.9. The van der Waals surface area contributed by atoms with Crippen molar-refractivity contribution in [3.8, 4) is 0 Å². The van der Waals surface area contributed by atoms with Gasteiger partial charge in [0.1, 0.15) is 0 Å². The molecule has 0 bridgehead atoms. The number of allylic oxidation sites excluding steroid dienone is 6. The average molecular weight is 294 g/mol. The van der Waals surface area contributed by atoms with E-state index < -0.39 is 0 Å². The van der Waals surface area contributed by atoms with E-state index in [4.69, 9.17) is 0 Å². The molecule has 0 N–H and O–H groups in total. The third kappa shape index (κ3) is 2.29. The molecular weight excluding hydrogens is 278 g/mol. The fourth-order valence-corrected chi connectivity index (χ4v) is 2.55. The SMILES string of the molecule is CC(=O)C1=C(C)C(C)CC=C2C=C(Br)C=CN21. The van der Waals surface area contributed by atoms with Gasteiger partial charge in [-0.15, -0.1) is 0 Å². The molecule has 0 aliphatic carbocycles. The van der Waals surface area contributed by atoms with Gasteiger partial charge in [-0.1, -0.05) is 28.9 Å². The Morgan fingerprint density at radius 3 is 2.88 bits per heavy atom. The molecule has 0 fully saturated rings. The van der Waals surface area contributed by atoms with Gasteiger partial charge in [0.2, 0.25) is 0 Å². The van der Waals surface area contributed by atoms with Crippen molar-refractivity contribution in [2.45, 2.75) is 27.2 Å². The highest BCUT2D eigenvalue weighted by molar-refractivity contribution is 9.11. The molecule has 90 valence electrons. The zero-order valence-electron chi connectivity index (χ0n) is 10.3. The summed E-state index contributed by atoms with van der Waals surface area (Å²) >= 11 is 3.47. The Balaban J connectivity index is 2.54. The van der Waals surface area contributed by atoms with Gasteiger partial charge in [-0.05, 0) is 37.0 Å². The Morgan fingerprint density at radius 1 is 1.53 bits per heavy atom. The van der Waals surface area contributed by atoms with E-state index in [1.807, 2.05) is 23.3 Å². The van der Waals surface area contributed by atoms with Crippen molar-refractivity contribution in [1.29, 1.82) is 0 Å². The molecule has 0 aromatic rings. The van der Waals surface area contributed by atoms with Crippen LogP contribution in [0.1, 0.15) is 27.2 Å². The molecule has 1 atom stereocenters. The number of hydrogen-bond acceptors (Lipinski definition) is 2. The lowest BCUT2D eigenvalue weighted by molar-refractivity contribution is -0.114. The monoisotopic (exact) mass is 293 g/mol. The summed E-state index contributed by atoms with van der Waals surface area (Å²) in [5.41, 5.74) is 3.06. The molecule has 0 spiro atoms. The molecule has 0 aromatic heterocycles. The molecule has 3 heteroatoms. The van der Waals surface area contributed by atoms with E-state index in [2.05, 4.69) is 35.9 Å². The first kappa shape index (κ1) is 12.4. The minimum Gasteiger partial charge on any atom is -0.314 e. The first-order chi connectivity index (χ1) is 8.00. The van der Waals surface area contributed by atoms with Crippen LogP contribution in [0.25, 0.3) is 0 Å². The van der Waals surface area contributed by atoms with Gasteiger partial charge in [0.15, 0.2) is 5.78 Å². The van der Waals surface area contributed by atoms with Crippen LogP contribution in [0.5, 0.6) is 0 Å². The van der Waals surface area contributed by atoms with E-state index in [1.54, 1.807) is 6.92 Å². The highest BCUT2D eigenvalue weighted by Gasteiger charge is 2.24. The second kappa shape index (κ2) is 4.65. The van der Waals surface area contributed by atoms with Gasteiger partial charge in [0.25, 0.3) is 0 Å². The number of nitrogens with zero attached hydrogens (tertiary/aromatic N) is 1. The summed E-state index contributed by atoms with van der Waals surface area (Å²) in [6, 6.07) is 0. The fraction of sp³-hybridized carbons (Fsp3) is 0.357. The highest BCUT2D eigenvalue weighted by Crippen LogP contribution is 2.33. The van der Waals surface area contributed by atoms with Crippen LogP contribution in [-0.2, 0) is 4.79 Å². The number of rotatable bonds is 1. The predicted octanol–water partition coefficient (Wildman–Crippen LogP) is 3.88. The van der Waals surface area contributed by atoms with Crippen LogP contribution in [0.15, 0.2) is 45.9 Å². The van der Waals surface area contributed by atoms with Gasteiger partial charge in [-0.25, -0.2) is 0 Å². The molecule has 2 aliphatic rings. The zero-order chi connectivity index (χ0) is 12.6. The maximum Gasteiger partial charge on any atom is 0.176 e. The van der Waals surface area contributed by atoms with Crippen LogP contribution in [0, 0.1) is 5.92 Å². The molecule has 0 amide bonds. The van der Waals surface area contributed by atoms with Crippen molar-refractivity contribution in [1.82, 2.24) is 4.90 Å². The average Bonchev–Trinajstić information content (AvgIpc) is 2.38. The van der Waals surface area contributed by atoms with E-state index >= 15 is 0 Å². The van der Waals surface area contributed by atoms with Crippen molar-refractivity contribution < 1.29 is 4.79 Å². The van der Waals surface area contributed by atoms with Crippen molar-refractivity contribution in [2.75, 3.05) is 0 Å². The van der Waals surface area contributed by atoms with Crippen LogP contribution in [0.3, 0.4) is 0 Å². The number of Topliss-reactive ketones (excluding diaryl/α,β-unsaturated/α-hetero) is 1. The maximum absolute atomic E-state index is 11.9. The Labute approximate surface area is 111 Å². The molecule has 2 heterocycles. The molecule has 0 aromatic carbocycles. The Kier molecular flexibility index (Phi) is 3.38. The first-order valence-electron chi connectivity index (χ1n) is 5.77. The number of carbonyl (C=O) groups excluding carboxylic acids is 1. The molecule has 2 aliphatic heterocycles. The second-order valence-electron chi connectivity index (χ2n) is 4.57. The van der Waals surface area contributed by atoms with Gasteiger partial charge >= 0.3 is 0 Å². The molecule has 2 nitrogen and oxygen atoms in total. The van der Waals surface area contributed by atoms with Crippen molar-refractivity contribution in [3.05, 3.63) is 45.9 Å². The third-order valence-electron chi connectivity index (χ3n) is 3.31. The summed E-state index contributed by atoms with van der Waals surface area (Å²) in [6.07, 6.45) is 9.12. The first-order valence-corrected chi connectivity index (χ1v) is 6.56. The summed E-state index contributed by atoms with van der Waals surface area (Å²) in [4.78, 5) is 13.8. The standard InChI is InChI=1S/C14H16BrNO/c1-9-4-5-13-8-12(15)6-7-16(13)14(10(9)2)11(3)17/h5-9H,4H2,1-3H3. The van der Waals surface area contributed by atoms with E-state index in [0.717, 1.165) is 22.3 Å². The lowest BCUT2D eigenvalue weighted by Gasteiger charge is -2.26. The number of fused-ring (bicyclic) bond motifs is 1. The van der Waals surface area contributed by atoms with Crippen LogP contribution >= 0.6 is 15.9 Å². The van der Waals surface area contributed by atoms with E-state index in [9.17, 15) is 4.79 Å². The minimum absolute atomic E-state index is 0.123. The largest absolute Gasteiger partial charge is 0.314 e. The summed E-state index contributed by atoms with van der Waals surface area (Å²) in [6.45, 7) is 5.85. The van der Waals surface area contributed by atoms with Crippen LogP contribution < -0.4 is 0 Å². The van der Waals surface area contributed by atoms with E-state index in [-0.39, 0.29) is 5.78 Å². The summed E-state index contributed by atoms with van der Waals surface area (Å²) in [7, 11) is 0. The Hall–Kier alpha value is -1.09. The van der Waals surface area contributed by atoms with E-state index in [0.29, 0.717) is 5.92 Å². The summed E-state index contributed by atoms with van der Waals surface area (Å²) in [5.74, 6) is 0.533.